The van der Waals surface area contributed by atoms with Gasteiger partial charge in [-0.25, -0.2) is 4.57 Å². The molecule has 0 aliphatic heterocycles. The molecule has 4 heteroatoms. The summed E-state index contributed by atoms with van der Waals surface area (Å²) in [7, 11) is -2.42. The van der Waals surface area contributed by atoms with Gasteiger partial charge in [0.25, 0.3) is 0 Å². The van der Waals surface area contributed by atoms with Gasteiger partial charge in [-0.1, -0.05) is 39.0 Å². The van der Waals surface area contributed by atoms with Gasteiger partial charge in [0.1, 0.15) is 5.75 Å². The molecule has 0 heterocycles. The first-order valence-electron chi connectivity index (χ1n) is 4.87. The van der Waals surface area contributed by atoms with Crippen LogP contribution in [0.2, 0.25) is 0 Å². The molecule has 1 aromatic carbocycles. The van der Waals surface area contributed by atoms with Crippen molar-refractivity contribution in [3.63, 3.8) is 0 Å². The fourth-order valence-corrected chi connectivity index (χ4v) is 1.83. The quantitative estimate of drug-likeness (QED) is 0.739. The fourth-order valence-electron chi connectivity index (χ4n) is 0.890. The van der Waals surface area contributed by atoms with Crippen LogP contribution in [0.5, 0.6) is 5.75 Å². The van der Waals surface area contributed by atoms with Crippen molar-refractivity contribution in [2.24, 2.45) is 5.41 Å². The van der Waals surface area contributed by atoms with Crippen molar-refractivity contribution in [3.05, 3.63) is 30.3 Å². The molecule has 0 fully saturated rings. The molecule has 1 unspecified atom stereocenters. The molecule has 3 nitrogen and oxygen atoms in total. The number of hydrogen-bond acceptors (Lipinski definition) is 3. The number of rotatable bonds is 4. The van der Waals surface area contributed by atoms with Crippen molar-refractivity contribution in [1.29, 1.82) is 0 Å². The molecule has 15 heavy (non-hydrogen) atoms. The lowest BCUT2D eigenvalue weighted by Gasteiger charge is -2.17. The van der Waals surface area contributed by atoms with Gasteiger partial charge in [0.15, 0.2) is 0 Å². The predicted octanol–water partition coefficient (Wildman–Crippen LogP) is 3.52. The maximum absolute atomic E-state index is 11.4. The third kappa shape index (κ3) is 5.60. The molecule has 0 saturated carbocycles. The Labute approximate surface area is 91.4 Å². The van der Waals surface area contributed by atoms with Crippen LogP contribution >= 0.6 is 8.25 Å². The van der Waals surface area contributed by atoms with Gasteiger partial charge in [-0.15, -0.1) is 0 Å². The van der Waals surface area contributed by atoms with Crippen LogP contribution in [-0.2, 0) is 9.09 Å². The van der Waals surface area contributed by atoms with Crippen LogP contribution in [0.4, 0.5) is 0 Å². The van der Waals surface area contributed by atoms with Crippen LogP contribution in [0.15, 0.2) is 30.3 Å². The third-order valence-corrected chi connectivity index (χ3v) is 2.35. The largest absolute Gasteiger partial charge is 0.426 e. The molecule has 0 amide bonds. The zero-order chi connectivity index (χ0) is 11.3. The second-order valence-electron chi connectivity index (χ2n) is 4.51. The molecule has 0 N–H and O–H groups in total. The first-order chi connectivity index (χ1) is 6.97. The molecular weight excluding hydrogens is 211 g/mol. The summed E-state index contributed by atoms with van der Waals surface area (Å²) in [6.07, 6.45) is 0. The molecule has 0 spiro atoms. The van der Waals surface area contributed by atoms with Crippen molar-refractivity contribution in [1.82, 2.24) is 0 Å². The summed E-state index contributed by atoms with van der Waals surface area (Å²) in [5.41, 5.74) is 0.000372. The summed E-state index contributed by atoms with van der Waals surface area (Å²) in [6.45, 7) is 6.48. The van der Waals surface area contributed by atoms with E-state index >= 15 is 0 Å². The van der Waals surface area contributed by atoms with Crippen LogP contribution in [0.3, 0.4) is 0 Å². The Morgan fingerprint density at radius 3 is 2.33 bits per heavy atom. The maximum Gasteiger partial charge on any atom is 0.367 e. The molecule has 1 aromatic rings. The van der Waals surface area contributed by atoms with E-state index in [1.165, 1.54) is 0 Å². The Kier molecular flexibility index (Phi) is 4.37. The van der Waals surface area contributed by atoms with Gasteiger partial charge in [0.2, 0.25) is 0 Å². The molecule has 1 rings (SSSR count). The molecule has 1 atom stereocenters. The highest BCUT2D eigenvalue weighted by atomic mass is 31.1. The Balaban J connectivity index is 2.38. The second-order valence-corrected chi connectivity index (χ2v) is 5.51. The van der Waals surface area contributed by atoms with E-state index in [4.69, 9.17) is 9.05 Å². The Hall–Kier alpha value is -0.790. The van der Waals surface area contributed by atoms with E-state index in [-0.39, 0.29) is 5.41 Å². The van der Waals surface area contributed by atoms with Gasteiger partial charge in [-0.2, -0.15) is 0 Å². The lowest BCUT2D eigenvalue weighted by atomic mass is 9.99. The lowest BCUT2D eigenvalue weighted by Crippen LogP contribution is -2.12. The van der Waals surface area contributed by atoms with E-state index < -0.39 is 8.25 Å². The Bertz CT molecular complexity index is 316. The average Bonchev–Trinajstić information content (AvgIpc) is 2.15. The SMILES string of the molecule is CC(C)(C)CO[PH](=O)Oc1ccccc1. The van der Waals surface area contributed by atoms with E-state index in [0.29, 0.717) is 12.4 Å². The minimum Gasteiger partial charge on any atom is -0.426 e. The highest BCUT2D eigenvalue weighted by molar-refractivity contribution is 7.33. The zero-order valence-corrected chi connectivity index (χ0v) is 10.3. The Morgan fingerprint density at radius 2 is 1.80 bits per heavy atom. The van der Waals surface area contributed by atoms with E-state index in [1.807, 2.05) is 39.0 Å². The molecule has 0 aliphatic rings. The molecule has 0 aromatic heterocycles. The molecule has 0 radical (unpaired) electrons. The van der Waals surface area contributed by atoms with Gasteiger partial charge in [0.05, 0.1) is 6.61 Å². The Morgan fingerprint density at radius 1 is 1.20 bits per heavy atom. The number of para-hydroxylation sites is 1. The van der Waals surface area contributed by atoms with E-state index in [0.717, 1.165) is 0 Å². The van der Waals surface area contributed by atoms with Gasteiger partial charge in [0, 0.05) is 0 Å². The van der Waals surface area contributed by atoms with Crippen molar-refractivity contribution < 1.29 is 13.6 Å². The fraction of sp³-hybridized carbons (Fsp3) is 0.455. The third-order valence-electron chi connectivity index (χ3n) is 1.57. The topological polar surface area (TPSA) is 35.5 Å². The molecular formula is C11H17O3P. The number of hydrogen-bond donors (Lipinski definition) is 0. The summed E-state index contributed by atoms with van der Waals surface area (Å²) >= 11 is 0. The highest BCUT2D eigenvalue weighted by Gasteiger charge is 2.12. The minimum absolute atomic E-state index is 0.000372. The maximum atomic E-state index is 11.4. The average molecular weight is 228 g/mol. The van der Waals surface area contributed by atoms with E-state index in [2.05, 4.69) is 0 Å². The van der Waals surface area contributed by atoms with Crippen LogP contribution in [-0.4, -0.2) is 6.61 Å². The summed E-state index contributed by atoms with van der Waals surface area (Å²) in [5, 5.41) is 0. The van der Waals surface area contributed by atoms with Crippen molar-refractivity contribution in [2.75, 3.05) is 6.61 Å². The smallest absolute Gasteiger partial charge is 0.367 e. The van der Waals surface area contributed by atoms with Crippen LogP contribution in [0.1, 0.15) is 20.8 Å². The normalized spacial score (nSPS) is 13.5. The van der Waals surface area contributed by atoms with Crippen molar-refractivity contribution in [3.8, 4) is 5.75 Å². The standard InChI is InChI=1S/C11H17O3P/c1-11(2,3)9-13-15(12)14-10-7-5-4-6-8-10/h4-8,15H,9H2,1-3H3. The van der Waals surface area contributed by atoms with Crippen LogP contribution in [0.25, 0.3) is 0 Å². The second kappa shape index (κ2) is 5.34. The molecule has 84 valence electrons. The van der Waals surface area contributed by atoms with E-state index in [1.54, 1.807) is 12.1 Å². The van der Waals surface area contributed by atoms with Crippen molar-refractivity contribution >= 4 is 8.25 Å². The number of benzene rings is 1. The van der Waals surface area contributed by atoms with Crippen molar-refractivity contribution in [2.45, 2.75) is 20.8 Å². The highest BCUT2D eigenvalue weighted by Crippen LogP contribution is 2.30. The zero-order valence-electron chi connectivity index (χ0n) is 9.32. The van der Waals surface area contributed by atoms with Crippen LogP contribution < -0.4 is 4.52 Å². The molecule has 0 bridgehead atoms. The minimum atomic E-state index is -2.42. The van der Waals surface area contributed by atoms with Crippen LogP contribution in [0, 0.1) is 5.41 Å². The monoisotopic (exact) mass is 228 g/mol. The van der Waals surface area contributed by atoms with E-state index in [9.17, 15) is 4.57 Å². The van der Waals surface area contributed by atoms with Gasteiger partial charge in [-0.3, -0.25) is 0 Å². The first kappa shape index (κ1) is 12.3. The summed E-state index contributed by atoms with van der Waals surface area (Å²) in [4.78, 5) is 0. The summed E-state index contributed by atoms with van der Waals surface area (Å²) < 4.78 is 21.7. The van der Waals surface area contributed by atoms with Gasteiger partial charge in [-0.05, 0) is 17.5 Å². The van der Waals surface area contributed by atoms with Gasteiger partial charge < -0.3 is 9.05 Å². The molecule has 0 saturated heterocycles. The first-order valence-corrected chi connectivity index (χ1v) is 6.09. The summed E-state index contributed by atoms with van der Waals surface area (Å²) in [5.74, 6) is 0.579. The predicted molar refractivity (Wildman–Crippen MR) is 61.5 cm³/mol. The summed E-state index contributed by atoms with van der Waals surface area (Å²) in [6, 6.07) is 9.04. The lowest BCUT2D eigenvalue weighted by molar-refractivity contribution is 0.189. The molecule has 0 aliphatic carbocycles. The van der Waals surface area contributed by atoms with Gasteiger partial charge >= 0.3 is 8.25 Å².